The number of nitrogens with zero attached hydrogens (tertiary/aromatic N) is 4. The number of rotatable bonds is 4. The Morgan fingerprint density at radius 2 is 2.16 bits per heavy atom. The molecule has 128 valence electrons. The largest absolute Gasteiger partial charge is 0.308 e. The molecule has 1 N–H and O–H groups in total. The number of halogens is 1. The van der Waals surface area contributed by atoms with Crippen molar-refractivity contribution in [1.29, 1.82) is 5.26 Å². The summed E-state index contributed by atoms with van der Waals surface area (Å²) in [6.45, 7) is 3.60. The van der Waals surface area contributed by atoms with Crippen LogP contribution in [0.4, 0.5) is 11.5 Å². The lowest BCUT2D eigenvalue weighted by Gasteiger charge is -2.19. The number of nitrogens with one attached hydrogen (secondary N) is 1. The Balaban J connectivity index is 1.77. The summed E-state index contributed by atoms with van der Waals surface area (Å²) in [4.78, 5) is 26.5. The molecule has 0 fully saturated rings. The van der Waals surface area contributed by atoms with E-state index in [1.54, 1.807) is 30.5 Å². The number of benzene rings is 1. The Hall–Kier alpha value is -2.85. The molecule has 2 aromatic rings. The van der Waals surface area contributed by atoms with Gasteiger partial charge in [0.15, 0.2) is 5.82 Å². The Bertz CT molecular complexity index is 897. The first-order valence-corrected chi connectivity index (χ1v) is 8.03. The summed E-state index contributed by atoms with van der Waals surface area (Å²) in [5.74, 6) is -0.188. The van der Waals surface area contributed by atoms with Gasteiger partial charge in [-0.3, -0.25) is 14.3 Å². The van der Waals surface area contributed by atoms with E-state index in [1.807, 2.05) is 19.9 Å². The zero-order valence-corrected chi connectivity index (χ0v) is 14.5. The van der Waals surface area contributed by atoms with Crippen LogP contribution >= 0.6 is 11.6 Å². The normalized spacial score (nSPS) is 15.0. The van der Waals surface area contributed by atoms with Crippen LogP contribution in [0, 0.1) is 11.3 Å². The van der Waals surface area contributed by atoms with E-state index < -0.39 is 5.41 Å². The first kappa shape index (κ1) is 17.0. The lowest BCUT2D eigenvalue weighted by atomic mass is 9.86. The van der Waals surface area contributed by atoms with E-state index in [0.29, 0.717) is 16.5 Å². The van der Waals surface area contributed by atoms with Gasteiger partial charge in [0.25, 0.3) is 0 Å². The lowest BCUT2D eigenvalue weighted by Crippen LogP contribution is -2.40. The average molecular weight is 358 g/mol. The number of anilines is 2. The minimum atomic E-state index is -0.741. The smallest absolute Gasteiger partial charge is 0.245 e. The molecule has 8 heteroatoms. The summed E-state index contributed by atoms with van der Waals surface area (Å²) in [7, 11) is 0. The van der Waals surface area contributed by atoms with Gasteiger partial charge in [-0.1, -0.05) is 11.6 Å². The molecule has 1 aromatic carbocycles. The number of nitriles is 1. The monoisotopic (exact) mass is 357 g/mol. The van der Waals surface area contributed by atoms with Crippen molar-refractivity contribution in [1.82, 2.24) is 9.78 Å². The molecule has 0 radical (unpaired) electrons. The summed E-state index contributed by atoms with van der Waals surface area (Å²) >= 11 is 6.04. The van der Waals surface area contributed by atoms with Gasteiger partial charge in [-0.15, -0.1) is 0 Å². The third-order valence-corrected chi connectivity index (χ3v) is 4.38. The number of aromatic nitrogens is 2. The molecular weight excluding hydrogens is 342 g/mol. The van der Waals surface area contributed by atoms with Crippen LogP contribution in [-0.4, -0.2) is 28.1 Å². The molecule has 1 aliphatic heterocycles. The highest BCUT2D eigenvalue weighted by Gasteiger charge is 2.44. The fourth-order valence-electron chi connectivity index (χ4n) is 2.88. The molecule has 0 saturated carbocycles. The maximum Gasteiger partial charge on any atom is 0.245 e. The van der Waals surface area contributed by atoms with Gasteiger partial charge in [0, 0.05) is 23.0 Å². The van der Waals surface area contributed by atoms with E-state index in [9.17, 15) is 9.59 Å². The van der Waals surface area contributed by atoms with Crippen LogP contribution in [-0.2, 0) is 21.5 Å². The van der Waals surface area contributed by atoms with Crippen LogP contribution in [0.25, 0.3) is 0 Å². The number of hydrogen-bond acceptors (Lipinski definition) is 4. The third-order valence-electron chi connectivity index (χ3n) is 4.15. The predicted octanol–water partition coefficient (Wildman–Crippen LogP) is 2.32. The van der Waals surface area contributed by atoms with Crippen molar-refractivity contribution in [2.75, 3.05) is 16.8 Å². The molecule has 1 aromatic heterocycles. The fourth-order valence-corrected chi connectivity index (χ4v) is 3.05. The van der Waals surface area contributed by atoms with Crippen molar-refractivity contribution >= 4 is 34.9 Å². The second-order valence-electron chi connectivity index (χ2n) is 6.28. The highest BCUT2D eigenvalue weighted by atomic mass is 35.5. The Morgan fingerprint density at radius 1 is 1.40 bits per heavy atom. The van der Waals surface area contributed by atoms with E-state index >= 15 is 0 Å². The van der Waals surface area contributed by atoms with Crippen molar-refractivity contribution in [2.45, 2.75) is 25.8 Å². The van der Waals surface area contributed by atoms with E-state index in [0.717, 1.165) is 5.56 Å². The molecule has 7 nitrogen and oxygen atoms in total. The van der Waals surface area contributed by atoms with Gasteiger partial charge in [0.1, 0.15) is 13.1 Å². The molecule has 2 amide bonds. The molecular formula is C17H16ClN5O2. The van der Waals surface area contributed by atoms with Crippen molar-refractivity contribution in [2.24, 2.45) is 0 Å². The van der Waals surface area contributed by atoms with Crippen LogP contribution < -0.4 is 10.2 Å². The molecule has 2 heterocycles. The second-order valence-corrected chi connectivity index (χ2v) is 6.72. The zero-order valence-electron chi connectivity index (χ0n) is 13.8. The molecule has 0 spiro atoms. The van der Waals surface area contributed by atoms with Crippen molar-refractivity contribution in [3.8, 4) is 6.07 Å². The van der Waals surface area contributed by atoms with Gasteiger partial charge < -0.3 is 10.2 Å². The minimum absolute atomic E-state index is 0.100. The number of carbonyl (C=O) groups is 2. The first-order chi connectivity index (χ1) is 11.8. The molecule has 0 saturated heterocycles. The lowest BCUT2D eigenvalue weighted by molar-refractivity contribution is -0.124. The number of hydrogen-bond donors (Lipinski definition) is 1. The van der Waals surface area contributed by atoms with E-state index in [1.165, 1.54) is 9.58 Å². The summed E-state index contributed by atoms with van der Waals surface area (Å²) in [6.07, 6.45) is 1.60. The van der Waals surface area contributed by atoms with E-state index in [-0.39, 0.29) is 24.9 Å². The topological polar surface area (TPSA) is 91.0 Å². The Morgan fingerprint density at radius 3 is 2.88 bits per heavy atom. The Labute approximate surface area is 149 Å². The molecule has 3 rings (SSSR count). The summed E-state index contributed by atoms with van der Waals surface area (Å²) in [5.41, 5.74) is 0.746. The van der Waals surface area contributed by atoms with Gasteiger partial charge in [0.05, 0.1) is 11.5 Å². The SMILES string of the molecule is CC1(C)C(=O)N(CC(=O)Nc2ccn(CC#N)n2)c2ccc(Cl)cc21. The minimum Gasteiger partial charge on any atom is -0.308 e. The van der Waals surface area contributed by atoms with Crippen molar-refractivity contribution in [3.05, 3.63) is 41.0 Å². The number of carbonyl (C=O) groups excluding carboxylic acids is 2. The van der Waals surface area contributed by atoms with Crippen LogP contribution in [0.15, 0.2) is 30.5 Å². The summed E-state index contributed by atoms with van der Waals surface area (Å²) in [6, 6.07) is 8.77. The van der Waals surface area contributed by atoms with E-state index in [2.05, 4.69) is 10.4 Å². The average Bonchev–Trinajstić information content (AvgIpc) is 3.05. The predicted molar refractivity (Wildman–Crippen MR) is 93.3 cm³/mol. The van der Waals surface area contributed by atoms with Gasteiger partial charge in [-0.2, -0.15) is 10.4 Å². The van der Waals surface area contributed by atoms with Crippen molar-refractivity contribution in [3.63, 3.8) is 0 Å². The maximum atomic E-state index is 12.7. The standard InChI is InChI=1S/C17H16ClN5O2/c1-17(2)12-9-11(18)3-4-13(12)23(16(17)25)10-15(24)20-14-5-7-22(21-14)8-6-19/h3-5,7,9H,8,10H2,1-2H3,(H,20,21,24). The fraction of sp³-hybridized carbons (Fsp3) is 0.294. The molecule has 25 heavy (non-hydrogen) atoms. The van der Waals surface area contributed by atoms with Gasteiger partial charge in [0.2, 0.25) is 11.8 Å². The summed E-state index contributed by atoms with van der Waals surface area (Å²) in [5, 5.41) is 15.9. The van der Waals surface area contributed by atoms with Crippen LogP contribution in [0.2, 0.25) is 5.02 Å². The zero-order chi connectivity index (χ0) is 18.2. The summed E-state index contributed by atoms with van der Waals surface area (Å²) < 4.78 is 1.41. The highest BCUT2D eigenvalue weighted by molar-refractivity contribution is 6.31. The van der Waals surface area contributed by atoms with Crippen LogP contribution in [0.3, 0.4) is 0 Å². The highest BCUT2D eigenvalue weighted by Crippen LogP contribution is 2.42. The number of fused-ring (bicyclic) bond motifs is 1. The molecule has 0 aliphatic carbocycles. The van der Waals surface area contributed by atoms with Crippen LogP contribution in [0.1, 0.15) is 19.4 Å². The van der Waals surface area contributed by atoms with Crippen LogP contribution in [0.5, 0.6) is 0 Å². The maximum absolute atomic E-state index is 12.7. The number of amides is 2. The quantitative estimate of drug-likeness (QED) is 0.909. The van der Waals surface area contributed by atoms with Gasteiger partial charge in [-0.25, -0.2) is 0 Å². The van der Waals surface area contributed by atoms with Crippen molar-refractivity contribution < 1.29 is 9.59 Å². The van der Waals surface area contributed by atoms with E-state index in [4.69, 9.17) is 16.9 Å². The molecule has 0 bridgehead atoms. The third kappa shape index (κ3) is 3.08. The molecule has 0 unspecified atom stereocenters. The Kier molecular flexibility index (Phi) is 4.23. The van der Waals surface area contributed by atoms with Gasteiger partial charge >= 0.3 is 0 Å². The van der Waals surface area contributed by atoms with Gasteiger partial charge in [-0.05, 0) is 37.6 Å². The molecule has 0 atom stereocenters. The molecule has 1 aliphatic rings. The second kappa shape index (κ2) is 6.22. The first-order valence-electron chi connectivity index (χ1n) is 7.65.